The van der Waals surface area contributed by atoms with Crippen molar-refractivity contribution in [1.29, 1.82) is 0 Å². The summed E-state index contributed by atoms with van der Waals surface area (Å²) >= 11 is 4.04. The Bertz CT molecular complexity index is 201. The quantitative estimate of drug-likeness (QED) is 0.417. The summed E-state index contributed by atoms with van der Waals surface area (Å²) in [6.45, 7) is 10.4. The lowest BCUT2D eigenvalue weighted by Crippen LogP contribution is -2.37. The lowest BCUT2D eigenvalue weighted by molar-refractivity contribution is 0.0936. The number of amides is 1. The summed E-state index contributed by atoms with van der Waals surface area (Å²) in [7, 11) is 1.47. The Hall–Kier alpha value is -0.0300. The molecule has 0 unspecified atom stereocenters. The molecule has 0 aliphatic carbocycles. The maximum atomic E-state index is 11.9. The van der Waals surface area contributed by atoms with Crippen LogP contribution >= 0.6 is 22.5 Å². The maximum Gasteiger partial charge on any atom is 0.409 e. The fourth-order valence-electron chi connectivity index (χ4n) is 1.48. The fourth-order valence-corrected chi connectivity index (χ4v) is 2.11. The van der Waals surface area contributed by atoms with Crippen LogP contribution < -0.4 is 0 Å². The van der Waals surface area contributed by atoms with Crippen LogP contribution in [0, 0.1) is 11.8 Å². The van der Waals surface area contributed by atoms with Crippen LogP contribution in [0.2, 0.25) is 0 Å². The van der Waals surface area contributed by atoms with Gasteiger partial charge in [0, 0.05) is 18.8 Å². The molecular formula is C12H25NO2S2. The highest BCUT2D eigenvalue weighted by molar-refractivity contribution is 8.68. The van der Waals surface area contributed by atoms with E-state index in [4.69, 9.17) is 4.74 Å². The molecule has 17 heavy (non-hydrogen) atoms. The molecule has 0 saturated carbocycles. The predicted octanol–water partition coefficient (Wildman–Crippen LogP) is 3.71. The van der Waals surface area contributed by atoms with E-state index in [0.29, 0.717) is 18.4 Å². The van der Waals surface area contributed by atoms with E-state index in [0.717, 1.165) is 25.3 Å². The molecule has 102 valence electrons. The van der Waals surface area contributed by atoms with Gasteiger partial charge in [-0.2, -0.15) is 0 Å². The van der Waals surface area contributed by atoms with Crippen LogP contribution in [0.25, 0.3) is 0 Å². The van der Waals surface area contributed by atoms with Crippen LogP contribution in [0.3, 0.4) is 0 Å². The van der Waals surface area contributed by atoms with Crippen LogP contribution in [-0.4, -0.2) is 36.4 Å². The summed E-state index contributed by atoms with van der Waals surface area (Å²) in [6.07, 6.45) is 0.675. The molecule has 0 fully saturated rings. The lowest BCUT2D eigenvalue weighted by atomic mass is 10.1. The molecule has 1 amide bonds. The molecule has 3 nitrogen and oxygen atoms in total. The first-order valence-electron chi connectivity index (χ1n) is 6.15. The highest BCUT2D eigenvalue weighted by Gasteiger charge is 2.17. The monoisotopic (exact) mass is 279 g/mol. The van der Waals surface area contributed by atoms with Crippen LogP contribution in [0.1, 0.15) is 34.1 Å². The zero-order valence-electron chi connectivity index (χ0n) is 11.3. The minimum Gasteiger partial charge on any atom is -0.449 e. The SMILES string of the molecule is CC(C)CN(CC(C)C)C(=O)OCCCSS. The van der Waals surface area contributed by atoms with Crippen molar-refractivity contribution in [3.8, 4) is 0 Å². The normalized spacial score (nSPS) is 11.0. The predicted molar refractivity (Wildman–Crippen MR) is 78.7 cm³/mol. The standard InChI is InChI=1S/C12H25NO2S2/c1-10(2)8-13(9-11(3)4)12(14)15-6-5-7-17-16/h10-11,16H,5-9H2,1-4H3. The molecule has 0 aliphatic rings. The van der Waals surface area contributed by atoms with Gasteiger partial charge in [0.05, 0.1) is 6.61 Å². The van der Waals surface area contributed by atoms with E-state index in [-0.39, 0.29) is 6.09 Å². The van der Waals surface area contributed by atoms with Crippen molar-refractivity contribution in [3.63, 3.8) is 0 Å². The van der Waals surface area contributed by atoms with Crippen LogP contribution in [0.5, 0.6) is 0 Å². The van der Waals surface area contributed by atoms with Gasteiger partial charge >= 0.3 is 6.09 Å². The molecule has 0 radical (unpaired) electrons. The van der Waals surface area contributed by atoms with E-state index in [2.05, 4.69) is 39.4 Å². The Morgan fingerprint density at radius 3 is 2.18 bits per heavy atom. The number of hydrogen-bond donors (Lipinski definition) is 1. The number of carbonyl (C=O) groups excluding carboxylic acids is 1. The van der Waals surface area contributed by atoms with E-state index < -0.39 is 0 Å². The van der Waals surface area contributed by atoms with Crippen LogP contribution in [0.15, 0.2) is 0 Å². The number of thiol groups is 1. The van der Waals surface area contributed by atoms with Crippen molar-refractivity contribution >= 4 is 28.5 Å². The van der Waals surface area contributed by atoms with Crippen LogP contribution in [-0.2, 0) is 4.74 Å². The third kappa shape index (κ3) is 9.65. The number of carbonyl (C=O) groups is 1. The average Bonchev–Trinajstić information content (AvgIpc) is 2.22. The Morgan fingerprint density at radius 1 is 1.24 bits per heavy atom. The van der Waals surface area contributed by atoms with E-state index in [1.807, 2.05) is 4.90 Å². The lowest BCUT2D eigenvalue weighted by Gasteiger charge is -2.25. The molecule has 0 aliphatic heterocycles. The summed E-state index contributed by atoms with van der Waals surface area (Å²) in [5.74, 6) is 1.84. The molecule has 0 rings (SSSR count). The molecule has 5 heteroatoms. The summed E-state index contributed by atoms with van der Waals surface area (Å²) < 4.78 is 5.25. The van der Waals surface area contributed by atoms with Crippen molar-refractivity contribution in [2.45, 2.75) is 34.1 Å². The van der Waals surface area contributed by atoms with Gasteiger partial charge in [-0.25, -0.2) is 4.79 Å². The molecule has 0 aromatic rings. The smallest absolute Gasteiger partial charge is 0.409 e. The minimum absolute atomic E-state index is 0.184. The summed E-state index contributed by atoms with van der Waals surface area (Å²) in [4.78, 5) is 13.7. The Labute approximate surface area is 114 Å². The Kier molecular flexibility index (Phi) is 9.93. The minimum atomic E-state index is -0.184. The third-order valence-electron chi connectivity index (χ3n) is 2.03. The second-order valence-corrected chi connectivity index (χ2v) is 6.43. The molecular weight excluding hydrogens is 254 g/mol. The molecule has 0 N–H and O–H groups in total. The zero-order chi connectivity index (χ0) is 13.3. The van der Waals surface area contributed by atoms with Gasteiger partial charge in [-0.3, -0.25) is 0 Å². The first-order chi connectivity index (χ1) is 7.97. The molecule has 0 aromatic heterocycles. The van der Waals surface area contributed by atoms with Crippen LogP contribution in [0.4, 0.5) is 4.79 Å². The first-order valence-corrected chi connectivity index (χ1v) is 8.19. The van der Waals surface area contributed by atoms with E-state index in [1.165, 1.54) is 10.8 Å². The molecule has 0 atom stereocenters. The van der Waals surface area contributed by atoms with Gasteiger partial charge in [0.1, 0.15) is 0 Å². The molecule has 0 saturated heterocycles. The first kappa shape index (κ1) is 17.0. The topological polar surface area (TPSA) is 29.5 Å². The second kappa shape index (κ2) is 9.95. The largest absolute Gasteiger partial charge is 0.449 e. The van der Waals surface area contributed by atoms with Gasteiger partial charge in [0.25, 0.3) is 0 Å². The molecule has 0 bridgehead atoms. The van der Waals surface area contributed by atoms with Gasteiger partial charge in [0.2, 0.25) is 0 Å². The van der Waals surface area contributed by atoms with E-state index in [1.54, 1.807) is 0 Å². The summed E-state index contributed by atoms with van der Waals surface area (Å²) in [5, 5.41) is 0. The van der Waals surface area contributed by atoms with Gasteiger partial charge in [-0.05, 0) is 18.3 Å². The molecule has 0 heterocycles. The van der Waals surface area contributed by atoms with Crippen molar-refractivity contribution in [1.82, 2.24) is 4.90 Å². The maximum absolute atomic E-state index is 11.9. The summed E-state index contributed by atoms with van der Waals surface area (Å²) in [6, 6.07) is 0. The highest BCUT2D eigenvalue weighted by Crippen LogP contribution is 2.08. The Balaban J connectivity index is 4.03. The second-order valence-electron chi connectivity index (χ2n) is 4.99. The summed E-state index contributed by atoms with van der Waals surface area (Å²) in [5.41, 5.74) is 0. The van der Waals surface area contributed by atoms with Crippen molar-refractivity contribution in [3.05, 3.63) is 0 Å². The molecule has 0 spiro atoms. The third-order valence-corrected chi connectivity index (χ3v) is 3.05. The van der Waals surface area contributed by atoms with Crippen molar-refractivity contribution < 1.29 is 9.53 Å². The van der Waals surface area contributed by atoms with Crippen molar-refractivity contribution in [2.24, 2.45) is 11.8 Å². The fraction of sp³-hybridized carbons (Fsp3) is 0.917. The number of hydrogen-bond acceptors (Lipinski definition) is 4. The zero-order valence-corrected chi connectivity index (χ0v) is 13.0. The van der Waals surface area contributed by atoms with Gasteiger partial charge < -0.3 is 9.64 Å². The highest BCUT2D eigenvalue weighted by atomic mass is 33.1. The molecule has 0 aromatic carbocycles. The average molecular weight is 279 g/mol. The van der Waals surface area contributed by atoms with Crippen molar-refractivity contribution in [2.75, 3.05) is 25.4 Å². The number of ether oxygens (including phenoxy) is 1. The Morgan fingerprint density at radius 2 is 1.76 bits per heavy atom. The van der Waals surface area contributed by atoms with Gasteiger partial charge in [0.15, 0.2) is 0 Å². The van der Waals surface area contributed by atoms with Gasteiger partial charge in [-0.15, -0.1) is 11.7 Å². The van der Waals surface area contributed by atoms with Gasteiger partial charge in [-0.1, -0.05) is 38.5 Å². The number of nitrogens with zero attached hydrogens (tertiary/aromatic N) is 1. The van der Waals surface area contributed by atoms with E-state index in [9.17, 15) is 4.79 Å². The van der Waals surface area contributed by atoms with E-state index >= 15 is 0 Å². The number of rotatable bonds is 8.